The fourth-order valence-corrected chi connectivity index (χ4v) is 2.36. The van der Waals surface area contributed by atoms with E-state index in [1.807, 2.05) is 6.92 Å². The number of phenolic OH excluding ortho intramolecular Hbond substituents is 1. The van der Waals surface area contributed by atoms with Crippen LogP contribution in [0.5, 0.6) is 5.75 Å². The van der Waals surface area contributed by atoms with Gasteiger partial charge in [-0.05, 0) is 47.3 Å². The van der Waals surface area contributed by atoms with E-state index in [1.54, 1.807) is 0 Å². The number of aliphatic hydroxyl groups is 1. The minimum atomic E-state index is -0.292. The van der Waals surface area contributed by atoms with Crippen molar-refractivity contribution in [3.05, 3.63) is 28.8 Å². The maximum absolute atomic E-state index is 10.6. The molecule has 0 saturated heterocycles. The number of rotatable bonds is 3. The van der Waals surface area contributed by atoms with Crippen molar-refractivity contribution < 1.29 is 10.2 Å². The second kappa shape index (κ2) is 5.77. The van der Waals surface area contributed by atoms with E-state index >= 15 is 0 Å². The Kier molecular flexibility index (Phi) is 4.91. The third kappa shape index (κ3) is 4.24. The Balaban J connectivity index is 3.35. The van der Waals surface area contributed by atoms with Gasteiger partial charge in [0, 0.05) is 0 Å². The highest BCUT2D eigenvalue weighted by Gasteiger charge is 2.26. The van der Waals surface area contributed by atoms with Crippen molar-refractivity contribution in [1.82, 2.24) is 0 Å². The lowest BCUT2D eigenvalue weighted by Crippen LogP contribution is -2.18. The first-order valence-electron chi connectivity index (χ1n) is 7.48. The number of benzene rings is 1. The van der Waals surface area contributed by atoms with Gasteiger partial charge in [-0.3, -0.25) is 0 Å². The van der Waals surface area contributed by atoms with E-state index in [0.29, 0.717) is 5.75 Å². The van der Waals surface area contributed by atoms with Crippen molar-refractivity contribution in [3.63, 3.8) is 0 Å². The van der Waals surface area contributed by atoms with Crippen LogP contribution < -0.4 is 0 Å². The molecule has 1 aromatic carbocycles. The topological polar surface area (TPSA) is 40.5 Å². The van der Waals surface area contributed by atoms with E-state index in [-0.39, 0.29) is 16.9 Å². The van der Waals surface area contributed by atoms with Crippen LogP contribution in [0.1, 0.15) is 71.6 Å². The van der Waals surface area contributed by atoms with Gasteiger partial charge >= 0.3 is 0 Å². The minimum Gasteiger partial charge on any atom is -0.507 e. The van der Waals surface area contributed by atoms with E-state index in [2.05, 4.69) is 53.7 Å². The minimum absolute atomic E-state index is 0.0923. The zero-order valence-corrected chi connectivity index (χ0v) is 14.0. The predicted octanol–water partition coefficient (Wildman–Crippen LogP) is 4.30. The van der Waals surface area contributed by atoms with Gasteiger partial charge in [-0.15, -0.1) is 0 Å². The molecule has 0 saturated carbocycles. The average Bonchev–Trinajstić information content (AvgIpc) is 2.24. The lowest BCUT2D eigenvalue weighted by molar-refractivity contribution is 0.185. The molecule has 0 bridgehead atoms. The van der Waals surface area contributed by atoms with Crippen LogP contribution in [0.4, 0.5) is 0 Å². The molecule has 20 heavy (non-hydrogen) atoms. The molecule has 1 unspecified atom stereocenters. The van der Waals surface area contributed by atoms with Crippen LogP contribution in [0, 0.1) is 0 Å². The van der Waals surface area contributed by atoms with Crippen LogP contribution in [0.25, 0.3) is 0 Å². The molecule has 1 atom stereocenters. The highest BCUT2D eigenvalue weighted by atomic mass is 16.3. The number of aliphatic hydroxyl groups excluding tert-OH is 1. The average molecular weight is 278 g/mol. The number of hydrogen-bond acceptors (Lipinski definition) is 2. The Morgan fingerprint density at radius 1 is 0.950 bits per heavy atom. The summed E-state index contributed by atoms with van der Waals surface area (Å²) in [4.78, 5) is 0. The molecule has 1 aromatic rings. The molecule has 2 N–H and O–H groups in total. The molecule has 2 heteroatoms. The summed E-state index contributed by atoms with van der Waals surface area (Å²) in [5.41, 5.74) is 2.99. The van der Waals surface area contributed by atoms with Gasteiger partial charge in [0.25, 0.3) is 0 Å². The van der Waals surface area contributed by atoms with Crippen molar-refractivity contribution >= 4 is 0 Å². The smallest absolute Gasteiger partial charge is 0.123 e. The maximum Gasteiger partial charge on any atom is 0.123 e. The third-order valence-corrected chi connectivity index (χ3v) is 3.64. The zero-order valence-electron chi connectivity index (χ0n) is 14.0. The van der Waals surface area contributed by atoms with Gasteiger partial charge in [0.05, 0.1) is 6.10 Å². The number of hydrogen-bond donors (Lipinski definition) is 2. The first-order valence-corrected chi connectivity index (χ1v) is 7.48. The molecule has 0 fully saturated rings. The van der Waals surface area contributed by atoms with Crippen LogP contribution >= 0.6 is 0 Å². The summed E-state index contributed by atoms with van der Waals surface area (Å²) < 4.78 is 0. The fourth-order valence-electron chi connectivity index (χ4n) is 2.36. The quantitative estimate of drug-likeness (QED) is 0.865. The first-order chi connectivity index (χ1) is 8.93. The summed E-state index contributed by atoms with van der Waals surface area (Å²) in [6.07, 6.45) is 1.29. The molecule has 0 aliphatic rings. The van der Waals surface area contributed by atoms with E-state index in [4.69, 9.17) is 0 Å². The second-order valence-corrected chi connectivity index (χ2v) is 7.93. The van der Waals surface area contributed by atoms with Crippen molar-refractivity contribution in [2.75, 3.05) is 0 Å². The van der Waals surface area contributed by atoms with E-state index in [0.717, 1.165) is 24.0 Å². The highest BCUT2D eigenvalue weighted by molar-refractivity contribution is 5.49. The molecule has 0 radical (unpaired) electrons. The van der Waals surface area contributed by atoms with Gasteiger partial charge in [0.1, 0.15) is 5.75 Å². The Morgan fingerprint density at radius 3 is 1.65 bits per heavy atom. The Bertz CT molecular complexity index is 424. The van der Waals surface area contributed by atoms with E-state index in [1.165, 1.54) is 5.56 Å². The van der Waals surface area contributed by atoms with Crippen LogP contribution in [-0.4, -0.2) is 16.3 Å². The molecule has 0 heterocycles. The zero-order chi connectivity index (χ0) is 15.7. The van der Waals surface area contributed by atoms with Crippen LogP contribution in [0.2, 0.25) is 0 Å². The second-order valence-electron chi connectivity index (χ2n) is 7.93. The van der Waals surface area contributed by atoms with Gasteiger partial charge in [0.15, 0.2) is 0 Å². The standard InChI is InChI=1S/C18H30O2/c1-12(19)8-9-13-10-14(17(2,3)4)16(20)15(11-13)18(5,6)7/h10-12,19-20H,8-9H2,1-7H3. The lowest BCUT2D eigenvalue weighted by Gasteiger charge is -2.28. The molecular weight excluding hydrogens is 248 g/mol. The molecule has 114 valence electrons. The molecule has 0 aliphatic carbocycles. The third-order valence-electron chi connectivity index (χ3n) is 3.64. The maximum atomic E-state index is 10.6. The first kappa shape index (κ1) is 17.0. The van der Waals surface area contributed by atoms with Gasteiger partial charge in [-0.1, -0.05) is 53.7 Å². The largest absolute Gasteiger partial charge is 0.507 e. The number of phenols is 1. The molecule has 1 rings (SSSR count). The Morgan fingerprint density at radius 2 is 1.35 bits per heavy atom. The number of aromatic hydroxyl groups is 1. The van der Waals surface area contributed by atoms with Crippen molar-refractivity contribution in [2.45, 2.75) is 78.2 Å². The normalized spacial score (nSPS) is 14.4. The van der Waals surface area contributed by atoms with Crippen LogP contribution in [0.15, 0.2) is 12.1 Å². The summed E-state index contributed by atoms with van der Waals surface area (Å²) in [6, 6.07) is 4.18. The highest BCUT2D eigenvalue weighted by Crippen LogP contribution is 2.39. The van der Waals surface area contributed by atoms with Gasteiger partial charge < -0.3 is 10.2 Å². The molecule has 0 spiro atoms. The summed E-state index contributed by atoms with van der Waals surface area (Å²) >= 11 is 0. The lowest BCUT2D eigenvalue weighted by atomic mass is 9.78. The molecule has 0 aliphatic heterocycles. The molecule has 0 aromatic heterocycles. The van der Waals surface area contributed by atoms with E-state index in [9.17, 15) is 10.2 Å². The monoisotopic (exact) mass is 278 g/mol. The summed E-state index contributed by atoms with van der Waals surface area (Å²) in [5.74, 6) is 0.422. The van der Waals surface area contributed by atoms with E-state index < -0.39 is 0 Å². The van der Waals surface area contributed by atoms with Crippen LogP contribution in [0.3, 0.4) is 0 Å². The SMILES string of the molecule is CC(O)CCc1cc(C(C)(C)C)c(O)c(C(C)(C)C)c1. The van der Waals surface area contributed by atoms with Crippen molar-refractivity contribution in [3.8, 4) is 5.75 Å². The molecule has 2 nitrogen and oxygen atoms in total. The van der Waals surface area contributed by atoms with Gasteiger partial charge in [-0.2, -0.15) is 0 Å². The van der Waals surface area contributed by atoms with Gasteiger partial charge in [-0.25, -0.2) is 0 Å². The summed E-state index contributed by atoms with van der Waals surface area (Å²) in [7, 11) is 0. The molecule has 0 amide bonds. The van der Waals surface area contributed by atoms with Crippen molar-refractivity contribution in [1.29, 1.82) is 0 Å². The summed E-state index contributed by atoms with van der Waals surface area (Å²) in [6.45, 7) is 14.5. The Hall–Kier alpha value is -1.02. The predicted molar refractivity (Wildman–Crippen MR) is 85.5 cm³/mol. The van der Waals surface area contributed by atoms with Crippen LogP contribution in [-0.2, 0) is 17.3 Å². The Labute approximate surface area is 123 Å². The van der Waals surface area contributed by atoms with Gasteiger partial charge in [0.2, 0.25) is 0 Å². The van der Waals surface area contributed by atoms with Crippen molar-refractivity contribution in [2.24, 2.45) is 0 Å². The fraction of sp³-hybridized carbons (Fsp3) is 0.667. The summed E-state index contributed by atoms with van der Waals surface area (Å²) in [5, 5.41) is 20.1. The molecular formula is C18H30O2. The number of aryl methyl sites for hydroxylation is 1.